The Morgan fingerprint density at radius 2 is 1.24 bits per heavy atom. The minimum absolute atomic E-state index is 0.131. The summed E-state index contributed by atoms with van der Waals surface area (Å²) in [5, 5.41) is 0. The first-order valence-electron chi connectivity index (χ1n) is 10.4. The number of esters is 2. The van der Waals surface area contributed by atoms with Crippen molar-refractivity contribution in [3.8, 4) is 11.5 Å². The van der Waals surface area contributed by atoms with Crippen LogP contribution in [0.5, 0.6) is 11.5 Å². The minimum Gasteiger partial charge on any atom is -0.423 e. The smallest absolute Gasteiger partial charge is 0.338 e. The van der Waals surface area contributed by atoms with Gasteiger partial charge in [-0.25, -0.2) is 14.0 Å². The lowest BCUT2D eigenvalue weighted by atomic mass is 10.1. The predicted octanol–water partition coefficient (Wildman–Crippen LogP) is 6.74. The van der Waals surface area contributed by atoms with E-state index in [1.165, 1.54) is 19.1 Å². The van der Waals surface area contributed by atoms with E-state index in [2.05, 4.69) is 13.2 Å². The summed E-state index contributed by atoms with van der Waals surface area (Å²) in [7, 11) is 0. The lowest BCUT2D eigenvalue weighted by Gasteiger charge is -2.05. The molecule has 0 saturated carbocycles. The molecule has 170 valence electrons. The third-order valence-corrected chi connectivity index (χ3v) is 4.65. The topological polar surface area (TPSA) is 52.6 Å². The molecule has 3 aromatic carbocycles. The van der Waals surface area contributed by atoms with Crippen LogP contribution >= 0.6 is 0 Å². The van der Waals surface area contributed by atoms with Gasteiger partial charge in [-0.3, -0.25) is 0 Å². The number of hydrogen-bond acceptors (Lipinski definition) is 4. The van der Waals surface area contributed by atoms with Crippen LogP contribution in [0.4, 0.5) is 4.39 Å². The van der Waals surface area contributed by atoms with Crippen molar-refractivity contribution in [2.75, 3.05) is 0 Å². The third-order valence-electron chi connectivity index (χ3n) is 4.65. The van der Waals surface area contributed by atoms with Crippen LogP contribution in [0.2, 0.25) is 0 Å². The van der Waals surface area contributed by atoms with Gasteiger partial charge in [-0.05, 0) is 53.4 Å². The largest absolute Gasteiger partial charge is 0.423 e. The van der Waals surface area contributed by atoms with Crippen LogP contribution in [0.1, 0.15) is 29.2 Å². The molecule has 3 aromatic rings. The molecule has 0 radical (unpaired) electrons. The Morgan fingerprint density at radius 3 is 1.71 bits per heavy atom. The van der Waals surface area contributed by atoms with Gasteiger partial charge in [0.05, 0.1) is 0 Å². The summed E-state index contributed by atoms with van der Waals surface area (Å²) < 4.78 is 24.2. The zero-order valence-electron chi connectivity index (χ0n) is 18.7. The molecule has 0 amide bonds. The maximum Gasteiger partial charge on any atom is 0.338 e. The Labute approximate surface area is 198 Å². The average Bonchev–Trinajstić information content (AvgIpc) is 2.84. The molecule has 0 heterocycles. The Balaban J connectivity index is 1.60. The van der Waals surface area contributed by atoms with E-state index >= 15 is 0 Å². The molecule has 3 rings (SSSR count). The van der Waals surface area contributed by atoms with E-state index < -0.39 is 17.8 Å². The quantitative estimate of drug-likeness (QED) is 0.164. The van der Waals surface area contributed by atoms with Crippen LogP contribution in [0.3, 0.4) is 0 Å². The van der Waals surface area contributed by atoms with Crippen molar-refractivity contribution in [2.45, 2.75) is 6.92 Å². The number of carbonyl (C=O) groups is 2. The molecule has 0 aromatic heterocycles. The molecule has 0 N–H and O–H groups in total. The van der Waals surface area contributed by atoms with Gasteiger partial charge in [0.2, 0.25) is 0 Å². The summed E-state index contributed by atoms with van der Waals surface area (Å²) in [4.78, 5) is 22.8. The van der Waals surface area contributed by atoms with Gasteiger partial charge in [0, 0.05) is 11.6 Å². The highest BCUT2D eigenvalue weighted by atomic mass is 19.1. The first-order valence-corrected chi connectivity index (χ1v) is 10.4. The average molecular weight is 454 g/mol. The maximum atomic E-state index is 14.2. The Bertz CT molecular complexity index is 1270. The summed E-state index contributed by atoms with van der Waals surface area (Å²) in [5.74, 6) is -1.45. The highest BCUT2D eigenvalue weighted by Crippen LogP contribution is 2.21. The highest BCUT2D eigenvalue weighted by Gasteiger charge is 2.10. The molecule has 0 fully saturated rings. The number of hydrogen-bond donors (Lipinski definition) is 0. The summed E-state index contributed by atoms with van der Waals surface area (Å²) in [6.07, 6.45) is 8.68. The van der Waals surface area contributed by atoms with E-state index in [1.54, 1.807) is 24.3 Å². The van der Waals surface area contributed by atoms with Gasteiger partial charge in [-0.15, -0.1) is 0 Å². The highest BCUT2D eigenvalue weighted by molar-refractivity contribution is 5.88. The Morgan fingerprint density at radius 1 is 0.765 bits per heavy atom. The Kier molecular flexibility index (Phi) is 8.08. The Hall–Kier alpha value is -4.51. The summed E-state index contributed by atoms with van der Waals surface area (Å²) in [5.41, 5.74) is 3.75. The van der Waals surface area contributed by atoms with Gasteiger partial charge in [0.25, 0.3) is 0 Å². The lowest BCUT2D eigenvalue weighted by molar-refractivity contribution is -0.130. The summed E-state index contributed by atoms with van der Waals surface area (Å²) >= 11 is 0. The normalized spacial score (nSPS) is 10.9. The van der Waals surface area contributed by atoms with Crippen LogP contribution < -0.4 is 9.47 Å². The second kappa shape index (κ2) is 11.4. The van der Waals surface area contributed by atoms with Crippen molar-refractivity contribution in [3.63, 3.8) is 0 Å². The fraction of sp³-hybridized carbons (Fsp3) is 0.0345. The van der Waals surface area contributed by atoms with E-state index in [4.69, 9.17) is 9.47 Å². The molecule has 5 heteroatoms. The lowest BCUT2D eigenvalue weighted by Crippen LogP contribution is -2.09. The second-order valence-electron chi connectivity index (χ2n) is 7.39. The summed E-state index contributed by atoms with van der Waals surface area (Å²) in [6.45, 7) is 8.35. The van der Waals surface area contributed by atoms with Gasteiger partial charge in [0.15, 0.2) is 11.6 Å². The monoisotopic (exact) mass is 454 g/mol. The maximum absolute atomic E-state index is 14.2. The van der Waals surface area contributed by atoms with Crippen molar-refractivity contribution in [2.24, 2.45) is 0 Å². The predicted molar refractivity (Wildman–Crippen MR) is 133 cm³/mol. The number of ether oxygens (including phenoxy) is 2. The van der Waals surface area contributed by atoms with Crippen molar-refractivity contribution >= 4 is 36.2 Å². The first kappa shape index (κ1) is 24.1. The van der Waals surface area contributed by atoms with Gasteiger partial charge in [0.1, 0.15) is 5.75 Å². The number of rotatable bonds is 8. The molecule has 0 spiro atoms. The van der Waals surface area contributed by atoms with E-state index in [9.17, 15) is 14.0 Å². The van der Waals surface area contributed by atoms with Gasteiger partial charge in [-0.1, -0.05) is 79.9 Å². The summed E-state index contributed by atoms with van der Waals surface area (Å²) in [6, 6.07) is 19.4. The molecular formula is C29H23FO4. The van der Waals surface area contributed by atoms with E-state index in [1.807, 2.05) is 54.6 Å². The number of halogens is 1. The standard InChI is InChI=1S/C29H23FO4/c1-4-28(31)33-25-16-13-23(14-17-25)10-9-21-5-7-22(8-6-21)11-12-24-15-18-27(26(30)19-24)34-29(32)20(2)3/h4-19H,1-2H2,3H3. The molecule has 0 atom stereocenters. The van der Waals surface area contributed by atoms with Gasteiger partial charge >= 0.3 is 11.9 Å². The fourth-order valence-electron chi connectivity index (χ4n) is 2.80. The molecule has 0 aliphatic rings. The van der Waals surface area contributed by atoms with Gasteiger partial charge < -0.3 is 9.47 Å². The van der Waals surface area contributed by atoms with Crippen LogP contribution in [0.15, 0.2) is 91.5 Å². The molecular weight excluding hydrogens is 431 g/mol. The molecule has 0 bridgehead atoms. The minimum atomic E-state index is -0.664. The third kappa shape index (κ3) is 7.00. The first-order chi connectivity index (χ1) is 16.3. The van der Waals surface area contributed by atoms with Crippen molar-refractivity contribution in [3.05, 3.63) is 120 Å². The van der Waals surface area contributed by atoms with Crippen molar-refractivity contribution in [1.29, 1.82) is 0 Å². The molecule has 34 heavy (non-hydrogen) atoms. The zero-order valence-corrected chi connectivity index (χ0v) is 18.7. The second-order valence-corrected chi connectivity index (χ2v) is 7.39. The fourth-order valence-corrected chi connectivity index (χ4v) is 2.80. The van der Waals surface area contributed by atoms with Crippen LogP contribution in [0, 0.1) is 5.82 Å². The number of benzene rings is 3. The van der Waals surface area contributed by atoms with Crippen molar-refractivity contribution in [1.82, 2.24) is 0 Å². The van der Waals surface area contributed by atoms with Crippen molar-refractivity contribution < 1.29 is 23.5 Å². The molecule has 4 nitrogen and oxygen atoms in total. The van der Waals surface area contributed by atoms with Gasteiger partial charge in [-0.2, -0.15) is 0 Å². The molecule has 0 saturated heterocycles. The molecule has 0 aliphatic carbocycles. The number of carbonyl (C=O) groups excluding carboxylic acids is 2. The zero-order chi connectivity index (χ0) is 24.5. The molecule has 0 unspecified atom stereocenters. The van der Waals surface area contributed by atoms with E-state index in [0.717, 1.165) is 22.8 Å². The van der Waals surface area contributed by atoms with Crippen LogP contribution in [0.25, 0.3) is 24.3 Å². The van der Waals surface area contributed by atoms with Crippen LogP contribution in [-0.2, 0) is 9.59 Å². The van der Waals surface area contributed by atoms with Crippen LogP contribution in [-0.4, -0.2) is 11.9 Å². The molecule has 0 aliphatic heterocycles. The van der Waals surface area contributed by atoms with E-state index in [-0.39, 0.29) is 11.3 Å². The van der Waals surface area contributed by atoms with E-state index in [0.29, 0.717) is 11.3 Å². The SMILES string of the molecule is C=CC(=O)Oc1ccc(C=Cc2ccc(C=Cc3ccc(OC(=O)C(=C)C)c(F)c3)cc2)cc1.